The first-order valence-electron chi connectivity index (χ1n) is 7.51. The fourth-order valence-corrected chi connectivity index (χ4v) is 2.13. The van der Waals surface area contributed by atoms with Gasteiger partial charge in [-0.2, -0.15) is 5.10 Å². The lowest BCUT2D eigenvalue weighted by Crippen LogP contribution is -2.11. The second-order valence-electron chi connectivity index (χ2n) is 5.08. The highest BCUT2D eigenvalue weighted by molar-refractivity contribution is 6.10. The van der Waals surface area contributed by atoms with Gasteiger partial charge in [-0.15, -0.1) is 0 Å². The maximum Gasteiger partial charge on any atom is 0.320 e. The van der Waals surface area contributed by atoms with Crippen LogP contribution < -0.4 is 5.43 Å². The van der Waals surface area contributed by atoms with Crippen LogP contribution in [0.25, 0.3) is 0 Å². The summed E-state index contributed by atoms with van der Waals surface area (Å²) in [5, 5.41) is 26.2. The molecule has 27 heavy (non-hydrogen) atoms. The molecule has 0 saturated heterocycles. The highest BCUT2D eigenvalue weighted by Gasteiger charge is 2.21. The molecule has 0 saturated carbocycles. The topological polar surface area (TPSA) is 149 Å². The van der Waals surface area contributed by atoms with E-state index in [1.165, 1.54) is 0 Å². The van der Waals surface area contributed by atoms with Gasteiger partial charge in [-0.1, -0.05) is 12.1 Å². The average Bonchev–Trinajstić information content (AvgIpc) is 2.69. The molecule has 0 fully saturated rings. The molecule has 3 aromatic heterocycles. The Morgan fingerprint density at radius 3 is 2.04 bits per heavy atom. The smallest absolute Gasteiger partial charge is 0.258 e. The van der Waals surface area contributed by atoms with Crippen LogP contribution in [-0.4, -0.2) is 30.5 Å². The van der Waals surface area contributed by atoms with Crippen molar-refractivity contribution >= 4 is 22.9 Å². The monoisotopic (exact) mass is 365 g/mol. The third-order valence-corrected chi connectivity index (χ3v) is 3.35. The lowest BCUT2D eigenvalue weighted by atomic mass is 10.1. The standard InChI is InChI=1S/C16H11N7O4/c24-22(25)11-9-14(23(26)27)16(19-10-11)21-20-15(12-5-1-3-7-17-12)13-6-2-4-8-18-13/h1-10H,(H,19,21). The fraction of sp³-hybridized carbons (Fsp3) is 0. The van der Waals surface area contributed by atoms with Gasteiger partial charge in [-0.3, -0.25) is 35.6 Å². The van der Waals surface area contributed by atoms with E-state index in [2.05, 4.69) is 25.5 Å². The second-order valence-corrected chi connectivity index (χ2v) is 5.08. The quantitative estimate of drug-likeness (QED) is 0.398. The summed E-state index contributed by atoms with van der Waals surface area (Å²) < 4.78 is 0. The summed E-state index contributed by atoms with van der Waals surface area (Å²) in [6.45, 7) is 0. The van der Waals surface area contributed by atoms with Gasteiger partial charge in [0.15, 0.2) is 0 Å². The van der Waals surface area contributed by atoms with E-state index in [0.717, 1.165) is 12.3 Å². The van der Waals surface area contributed by atoms with E-state index in [-0.39, 0.29) is 5.82 Å². The highest BCUT2D eigenvalue weighted by Crippen LogP contribution is 2.26. The summed E-state index contributed by atoms with van der Waals surface area (Å²) in [5.74, 6) is -0.241. The summed E-state index contributed by atoms with van der Waals surface area (Å²) in [5.41, 5.74) is 2.71. The molecule has 0 spiro atoms. The lowest BCUT2D eigenvalue weighted by molar-refractivity contribution is -0.394. The molecule has 3 rings (SSSR count). The molecule has 11 nitrogen and oxygen atoms in total. The largest absolute Gasteiger partial charge is 0.320 e. The molecule has 0 atom stereocenters. The number of hydrogen-bond acceptors (Lipinski definition) is 9. The summed E-state index contributed by atoms with van der Waals surface area (Å²) >= 11 is 0. The number of hydrazone groups is 1. The van der Waals surface area contributed by atoms with Crippen LogP contribution in [0.1, 0.15) is 11.4 Å². The van der Waals surface area contributed by atoms with E-state index in [1.807, 2.05) is 0 Å². The van der Waals surface area contributed by atoms with Crippen molar-refractivity contribution in [2.24, 2.45) is 5.10 Å². The SMILES string of the molecule is O=[N+]([O-])c1cnc(NN=C(c2ccccn2)c2ccccn2)c([N+](=O)[O-])c1. The Morgan fingerprint density at radius 2 is 1.56 bits per heavy atom. The Bertz CT molecular complexity index is 968. The molecular weight excluding hydrogens is 354 g/mol. The Morgan fingerprint density at radius 1 is 0.926 bits per heavy atom. The molecule has 1 N–H and O–H groups in total. The molecular formula is C16H11N7O4. The first-order chi connectivity index (χ1) is 13.1. The molecule has 0 unspecified atom stereocenters. The second kappa shape index (κ2) is 7.74. The minimum Gasteiger partial charge on any atom is -0.258 e. The van der Waals surface area contributed by atoms with E-state index in [4.69, 9.17) is 0 Å². The predicted octanol–water partition coefficient (Wildman–Crippen LogP) is 2.55. The van der Waals surface area contributed by atoms with Crippen LogP contribution in [0, 0.1) is 20.2 Å². The van der Waals surface area contributed by atoms with Crippen molar-refractivity contribution in [3.8, 4) is 0 Å². The van der Waals surface area contributed by atoms with Crippen molar-refractivity contribution in [1.29, 1.82) is 0 Å². The van der Waals surface area contributed by atoms with Crippen LogP contribution in [0.4, 0.5) is 17.2 Å². The highest BCUT2D eigenvalue weighted by atomic mass is 16.6. The van der Waals surface area contributed by atoms with Crippen LogP contribution in [-0.2, 0) is 0 Å². The van der Waals surface area contributed by atoms with Gasteiger partial charge >= 0.3 is 5.69 Å². The zero-order valence-corrected chi connectivity index (χ0v) is 13.6. The molecule has 0 aliphatic rings. The van der Waals surface area contributed by atoms with Crippen LogP contribution in [0.2, 0.25) is 0 Å². The van der Waals surface area contributed by atoms with Crippen molar-refractivity contribution in [2.75, 3.05) is 5.43 Å². The zero-order valence-electron chi connectivity index (χ0n) is 13.6. The molecule has 3 aromatic rings. The van der Waals surface area contributed by atoms with Gasteiger partial charge in [0.2, 0.25) is 5.82 Å². The van der Waals surface area contributed by atoms with Crippen molar-refractivity contribution in [3.63, 3.8) is 0 Å². The van der Waals surface area contributed by atoms with Crippen molar-refractivity contribution < 1.29 is 9.85 Å². The molecule has 0 aliphatic carbocycles. The number of rotatable bonds is 6. The first-order valence-corrected chi connectivity index (χ1v) is 7.51. The summed E-state index contributed by atoms with van der Waals surface area (Å²) in [6.07, 6.45) is 4.05. The Kier molecular flexibility index (Phi) is 5.03. The number of nitrogens with zero attached hydrogens (tertiary/aromatic N) is 6. The zero-order chi connectivity index (χ0) is 19.2. The number of anilines is 1. The van der Waals surface area contributed by atoms with Gasteiger partial charge in [0.05, 0.1) is 27.3 Å². The third-order valence-electron chi connectivity index (χ3n) is 3.35. The van der Waals surface area contributed by atoms with E-state index in [9.17, 15) is 20.2 Å². The molecule has 0 aliphatic heterocycles. The lowest BCUT2D eigenvalue weighted by Gasteiger charge is -2.06. The molecule has 11 heteroatoms. The third kappa shape index (κ3) is 4.04. The van der Waals surface area contributed by atoms with E-state index >= 15 is 0 Å². The van der Waals surface area contributed by atoms with Crippen LogP contribution >= 0.6 is 0 Å². The number of nitro groups is 2. The average molecular weight is 365 g/mol. The van der Waals surface area contributed by atoms with Crippen molar-refractivity contribution in [1.82, 2.24) is 15.0 Å². The Labute approximate surface area is 151 Å². The van der Waals surface area contributed by atoms with E-state index in [1.54, 1.807) is 48.8 Å². The fourth-order valence-electron chi connectivity index (χ4n) is 2.13. The normalized spacial score (nSPS) is 10.1. The van der Waals surface area contributed by atoms with E-state index < -0.39 is 21.2 Å². The summed E-state index contributed by atoms with van der Waals surface area (Å²) in [4.78, 5) is 32.6. The van der Waals surface area contributed by atoms with E-state index in [0.29, 0.717) is 17.1 Å². The van der Waals surface area contributed by atoms with Gasteiger partial charge < -0.3 is 0 Å². The minimum atomic E-state index is -0.779. The number of hydrogen-bond donors (Lipinski definition) is 1. The van der Waals surface area contributed by atoms with Gasteiger partial charge in [0.25, 0.3) is 5.69 Å². The summed E-state index contributed by atoms with van der Waals surface area (Å²) in [6, 6.07) is 11.2. The van der Waals surface area contributed by atoms with Crippen molar-refractivity contribution in [3.05, 3.63) is 92.7 Å². The number of nitrogens with one attached hydrogen (secondary N) is 1. The maximum absolute atomic E-state index is 11.2. The molecule has 0 bridgehead atoms. The first kappa shape index (κ1) is 17.5. The molecule has 0 aromatic carbocycles. The van der Waals surface area contributed by atoms with Gasteiger partial charge in [0.1, 0.15) is 11.9 Å². The van der Waals surface area contributed by atoms with Gasteiger partial charge in [0, 0.05) is 12.4 Å². The number of aromatic nitrogens is 3. The minimum absolute atomic E-state index is 0.241. The molecule has 3 heterocycles. The van der Waals surface area contributed by atoms with Gasteiger partial charge in [-0.05, 0) is 24.3 Å². The molecule has 0 amide bonds. The maximum atomic E-state index is 11.2. The van der Waals surface area contributed by atoms with Crippen molar-refractivity contribution in [2.45, 2.75) is 0 Å². The molecule has 0 radical (unpaired) electrons. The van der Waals surface area contributed by atoms with Crippen LogP contribution in [0.3, 0.4) is 0 Å². The molecule has 134 valence electrons. The van der Waals surface area contributed by atoms with Crippen LogP contribution in [0.15, 0.2) is 66.2 Å². The summed E-state index contributed by atoms with van der Waals surface area (Å²) in [7, 11) is 0. The Balaban J connectivity index is 2.03. The van der Waals surface area contributed by atoms with Gasteiger partial charge in [-0.25, -0.2) is 4.98 Å². The number of pyridine rings is 3. The predicted molar refractivity (Wildman–Crippen MR) is 95.3 cm³/mol. The Hall–Kier alpha value is -4.28. The van der Waals surface area contributed by atoms with Crippen LogP contribution in [0.5, 0.6) is 0 Å².